The molecule has 0 bridgehead atoms. The van der Waals surface area contributed by atoms with Crippen molar-refractivity contribution < 1.29 is 9.53 Å². The molecule has 0 radical (unpaired) electrons. The number of hydrogen-bond acceptors (Lipinski definition) is 4. The predicted octanol–water partition coefficient (Wildman–Crippen LogP) is 2.35. The van der Waals surface area contributed by atoms with Gasteiger partial charge in [-0.05, 0) is 32.9 Å². The monoisotopic (exact) mass is 241 g/mol. The van der Waals surface area contributed by atoms with Crippen molar-refractivity contribution in [2.45, 2.75) is 39.3 Å². The fourth-order valence-corrected chi connectivity index (χ4v) is 2.12. The molecule has 0 aliphatic rings. The van der Waals surface area contributed by atoms with E-state index in [4.69, 9.17) is 0 Å². The zero-order chi connectivity index (χ0) is 12.2. The van der Waals surface area contributed by atoms with Gasteiger partial charge >= 0.3 is 5.97 Å². The van der Waals surface area contributed by atoms with Crippen molar-refractivity contribution in [1.29, 1.82) is 0 Å². The van der Waals surface area contributed by atoms with Crippen LogP contribution >= 0.6 is 11.3 Å². The fraction of sp³-hybridized carbons (Fsp3) is 0.583. The number of hydrogen-bond donors (Lipinski definition) is 1. The summed E-state index contributed by atoms with van der Waals surface area (Å²) in [6, 6.07) is 4.04. The van der Waals surface area contributed by atoms with Crippen LogP contribution in [0.3, 0.4) is 0 Å². The van der Waals surface area contributed by atoms with Crippen molar-refractivity contribution >= 4 is 17.3 Å². The summed E-state index contributed by atoms with van der Waals surface area (Å²) in [5.41, 5.74) is 0.118. The number of thiophene rings is 1. The first-order chi connectivity index (χ1) is 7.40. The quantitative estimate of drug-likeness (QED) is 0.822. The second-order valence-electron chi connectivity index (χ2n) is 4.72. The van der Waals surface area contributed by atoms with Crippen LogP contribution in [0.2, 0.25) is 0 Å². The Bertz CT molecular complexity index is 352. The van der Waals surface area contributed by atoms with Crippen molar-refractivity contribution in [3.05, 3.63) is 21.9 Å². The Morgan fingerprint density at radius 2 is 2.00 bits per heavy atom. The SMILES string of the molecule is COC(=O)Cc1ccc(CNC(C)(C)C)s1. The largest absolute Gasteiger partial charge is 0.469 e. The van der Waals surface area contributed by atoms with E-state index in [1.807, 2.05) is 6.07 Å². The molecule has 16 heavy (non-hydrogen) atoms. The minimum absolute atomic E-state index is 0.118. The third-order valence-corrected chi connectivity index (χ3v) is 3.14. The van der Waals surface area contributed by atoms with Crippen LogP contribution in [-0.4, -0.2) is 18.6 Å². The average Bonchev–Trinajstić information content (AvgIpc) is 2.61. The Morgan fingerprint density at radius 1 is 1.38 bits per heavy atom. The minimum atomic E-state index is -0.183. The van der Waals surface area contributed by atoms with Crippen LogP contribution in [0.5, 0.6) is 0 Å². The number of carbonyl (C=O) groups is 1. The third-order valence-electron chi connectivity index (χ3n) is 2.06. The first kappa shape index (κ1) is 13.2. The molecule has 4 heteroatoms. The molecule has 1 rings (SSSR count). The smallest absolute Gasteiger partial charge is 0.310 e. The highest BCUT2D eigenvalue weighted by atomic mass is 32.1. The standard InChI is InChI=1S/C12H19NO2S/c1-12(2,3)13-8-10-6-5-9(16-10)7-11(14)15-4/h5-6,13H,7-8H2,1-4H3. The minimum Gasteiger partial charge on any atom is -0.469 e. The fourth-order valence-electron chi connectivity index (χ4n) is 1.18. The van der Waals surface area contributed by atoms with E-state index in [0.29, 0.717) is 6.42 Å². The molecule has 3 nitrogen and oxygen atoms in total. The van der Waals surface area contributed by atoms with Gasteiger partial charge in [0.25, 0.3) is 0 Å². The highest BCUT2D eigenvalue weighted by Gasteiger charge is 2.10. The van der Waals surface area contributed by atoms with Crippen LogP contribution in [-0.2, 0) is 22.5 Å². The van der Waals surface area contributed by atoms with E-state index in [0.717, 1.165) is 11.4 Å². The van der Waals surface area contributed by atoms with Crippen LogP contribution in [0.4, 0.5) is 0 Å². The van der Waals surface area contributed by atoms with Crippen LogP contribution < -0.4 is 5.32 Å². The maximum atomic E-state index is 11.1. The molecule has 0 saturated carbocycles. The van der Waals surface area contributed by atoms with Gasteiger partial charge in [0.05, 0.1) is 13.5 Å². The normalized spacial score (nSPS) is 11.5. The van der Waals surface area contributed by atoms with Gasteiger partial charge in [0, 0.05) is 21.8 Å². The van der Waals surface area contributed by atoms with Crippen molar-refractivity contribution in [2.24, 2.45) is 0 Å². The van der Waals surface area contributed by atoms with E-state index in [2.05, 4.69) is 36.9 Å². The lowest BCUT2D eigenvalue weighted by atomic mass is 10.1. The second kappa shape index (κ2) is 5.46. The molecule has 0 spiro atoms. The van der Waals surface area contributed by atoms with Crippen molar-refractivity contribution in [1.82, 2.24) is 5.32 Å². The van der Waals surface area contributed by atoms with E-state index in [1.165, 1.54) is 12.0 Å². The Hall–Kier alpha value is -0.870. The van der Waals surface area contributed by atoms with E-state index in [1.54, 1.807) is 11.3 Å². The van der Waals surface area contributed by atoms with Crippen molar-refractivity contribution in [3.63, 3.8) is 0 Å². The molecule has 0 aliphatic carbocycles. The first-order valence-corrected chi connectivity index (χ1v) is 6.12. The third kappa shape index (κ3) is 4.77. The molecule has 90 valence electrons. The van der Waals surface area contributed by atoms with Gasteiger partial charge < -0.3 is 10.1 Å². The summed E-state index contributed by atoms with van der Waals surface area (Å²) in [7, 11) is 1.41. The highest BCUT2D eigenvalue weighted by molar-refractivity contribution is 7.12. The molecular formula is C12H19NO2S. The number of methoxy groups -OCH3 is 1. The number of esters is 1. The summed E-state index contributed by atoms with van der Waals surface area (Å²) in [5, 5.41) is 3.41. The summed E-state index contributed by atoms with van der Waals surface area (Å²) in [5.74, 6) is -0.183. The maximum Gasteiger partial charge on any atom is 0.310 e. The maximum absolute atomic E-state index is 11.1. The Morgan fingerprint density at radius 3 is 2.56 bits per heavy atom. The van der Waals surface area contributed by atoms with Gasteiger partial charge in [0.2, 0.25) is 0 Å². The molecule has 1 heterocycles. The molecule has 1 aromatic rings. The molecule has 0 fully saturated rings. The van der Waals surface area contributed by atoms with Crippen LogP contribution in [0.15, 0.2) is 12.1 Å². The van der Waals surface area contributed by atoms with Gasteiger partial charge in [-0.1, -0.05) is 0 Å². The Labute approximate surface area is 101 Å². The summed E-state index contributed by atoms with van der Waals surface area (Å²) in [6.45, 7) is 7.25. The lowest BCUT2D eigenvalue weighted by Crippen LogP contribution is -2.34. The van der Waals surface area contributed by atoms with Crippen LogP contribution in [0, 0.1) is 0 Å². The number of carbonyl (C=O) groups excluding carboxylic acids is 1. The summed E-state index contributed by atoms with van der Waals surface area (Å²) in [6.07, 6.45) is 0.372. The Kier molecular flexibility index (Phi) is 4.50. The summed E-state index contributed by atoms with van der Waals surface area (Å²) in [4.78, 5) is 13.4. The molecule has 0 unspecified atom stereocenters. The average molecular weight is 241 g/mol. The summed E-state index contributed by atoms with van der Waals surface area (Å²) >= 11 is 1.65. The van der Waals surface area contributed by atoms with Gasteiger partial charge in [-0.2, -0.15) is 0 Å². The second-order valence-corrected chi connectivity index (χ2v) is 5.98. The molecule has 0 amide bonds. The van der Waals surface area contributed by atoms with Gasteiger partial charge in [0.1, 0.15) is 0 Å². The van der Waals surface area contributed by atoms with Gasteiger partial charge in [-0.15, -0.1) is 11.3 Å². The number of nitrogens with one attached hydrogen (secondary N) is 1. The van der Waals surface area contributed by atoms with E-state index in [-0.39, 0.29) is 11.5 Å². The van der Waals surface area contributed by atoms with Crippen molar-refractivity contribution in [2.75, 3.05) is 7.11 Å². The van der Waals surface area contributed by atoms with E-state index >= 15 is 0 Å². The molecule has 0 saturated heterocycles. The van der Waals surface area contributed by atoms with E-state index < -0.39 is 0 Å². The van der Waals surface area contributed by atoms with Crippen molar-refractivity contribution in [3.8, 4) is 0 Å². The zero-order valence-corrected chi connectivity index (χ0v) is 11.1. The molecule has 1 N–H and O–H groups in total. The Balaban J connectivity index is 2.48. The molecular weight excluding hydrogens is 222 g/mol. The zero-order valence-electron chi connectivity index (χ0n) is 10.3. The highest BCUT2D eigenvalue weighted by Crippen LogP contribution is 2.18. The number of ether oxygens (including phenoxy) is 1. The predicted molar refractivity (Wildman–Crippen MR) is 66.6 cm³/mol. The van der Waals surface area contributed by atoms with Crippen LogP contribution in [0.1, 0.15) is 30.5 Å². The van der Waals surface area contributed by atoms with Gasteiger partial charge in [-0.25, -0.2) is 0 Å². The lowest BCUT2D eigenvalue weighted by molar-refractivity contribution is -0.139. The van der Waals surface area contributed by atoms with E-state index in [9.17, 15) is 4.79 Å². The van der Waals surface area contributed by atoms with Gasteiger partial charge in [-0.3, -0.25) is 4.79 Å². The van der Waals surface area contributed by atoms with Crippen LogP contribution in [0.25, 0.3) is 0 Å². The number of rotatable bonds is 4. The summed E-state index contributed by atoms with van der Waals surface area (Å²) < 4.78 is 4.63. The topological polar surface area (TPSA) is 38.3 Å². The first-order valence-electron chi connectivity index (χ1n) is 5.30. The molecule has 0 aromatic carbocycles. The van der Waals surface area contributed by atoms with Gasteiger partial charge in [0.15, 0.2) is 0 Å². The lowest BCUT2D eigenvalue weighted by Gasteiger charge is -2.19. The molecule has 0 atom stereocenters. The molecule has 1 aromatic heterocycles. The molecule has 0 aliphatic heterocycles.